The summed E-state index contributed by atoms with van der Waals surface area (Å²) < 4.78 is 70.8. The number of alkyl halides is 3. The molecule has 30 heavy (non-hydrogen) atoms. The third-order valence-electron chi connectivity index (χ3n) is 4.74. The zero-order valence-corrected chi connectivity index (χ0v) is 17.0. The van der Waals surface area contributed by atoms with Crippen LogP contribution in [0.1, 0.15) is 22.8 Å². The first kappa shape index (κ1) is 22.1. The standard InChI is InChI=1S/C20H21F3N2O4S/c1-2-29-17-6-8-18(9-7-17)30(27,28)25-12-10-24(11-13-25)19(26)15-4-3-5-16(14-15)20(21,22)23/h3-9,14H,2,10-13H2,1H3. The smallest absolute Gasteiger partial charge is 0.416 e. The molecule has 0 spiro atoms. The van der Waals surface area contributed by atoms with Gasteiger partial charge in [-0.05, 0) is 49.4 Å². The fourth-order valence-corrected chi connectivity index (χ4v) is 4.59. The van der Waals surface area contributed by atoms with Crippen molar-refractivity contribution in [1.82, 2.24) is 9.21 Å². The highest BCUT2D eigenvalue weighted by atomic mass is 32.2. The molecule has 0 aliphatic carbocycles. The van der Waals surface area contributed by atoms with E-state index in [4.69, 9.17) is 4.74 Å². The number of piperazine rings is 1. The summed E-state index contributed by atoms with van der Waals surface area (Å²) in [6.07, 6.45) is -4.54. The Hall–Kier alpha value is -2.59. The van der Waals surface area contributed by atoms with Gasteiger partial charge in [0.1, 0.15) is 5.75 Å². The molecular formula is C20H21F3N2O4S. The quantitative estimate of drug-likeness (QED) is 0.713. The van der Waals surface area contributed by atoms with Crippen molar-refractivity contribution < 1.29 is 31.1 Å². The Balaban J connectivity index is 1.67. The Morgan fingerprint density at radius 1 is 1.03 bits per heavy atom. The van der Waals surface area contributed by atoms with Gasteiger partial charge in [0.2, 0.25) is 10.0 Å². The van der Waals surface area contributed by atoms with E-state index >= 15 is 0 Å². The number of nitrogens with zero attached hydrogens (tertiary/aromatic N) is 2. The molecule has 1 fully saturated rings. The van der Waals surface area contributed by atoms with Crippen molar-refractivity contribution in [3.05, 3.63) is 59.7 Å². The summed E-state index contributed by atoms with van der Waals surface area (Å²) in [6.45, 7) is 2.58. The molecule has 0 bridgehead atoms. The van der Waals surface area contributed by atoms with Gasteiger partial charge >= 0.3 is 6.18 Å². The SMILES string of the molecule is CCOc1ccc(S(=O)(=O)N2CCN(C(=O)c3cccc(C(F)(F)F)c3)CC2)cc1. The summed E-state index contributed by atoms with van der Waals surface area (Å²) in [5.41, 5.74) is -0.974. The summed E-state index contributed by atoms with van der Waals surface area (Å²) in [5.74, 6) is 0.00664. The van der Waals surface area contributed by atoms with E-state index in [1.54, 1.807) is 12.1 Å². The molecule has 0 atom stereocenters. The van der Waals surface area contributed by atoms with Crippen LogP contribution in [0.3, 0.4) is 0 Å². The lowest BCUT2D eigenvalue weighted by Crippen LogP contribution is -2.50. The van der Waals surface area contributed by atoms with Gasteiger partial charge < -0.3 is 9.64 Å². The molecule has 0 unspecified atom stereocenters. The molecule has 1 saturated heterocycles. The molecule has 2 aromatic rings. The minimum atomic E-state index is -4.54. The van der Waals surface area contributed by atoms with Crippen molar-refractivity contribution >= 4 is 15.9 Å². The molecule has 1 aliphatic heterocycles. The van der Waals surface area contributed by atoms with E-state index in [9.17, 15) is 26.4 Å². The summed E-state index contributed by atoms with van der Waals surface area (Å²) in [6, 6.07) is 10.3. The molecule has 0 aromatic heterocycles. The summed E-state index contributed by atoms with van der Waals surface area (Å²) in [5, 5.41) is 0. The minimum absolute atomic E-state index is 0.0558. The average Bonchev–Trinajstić information content (AvgIpc) is 2.73. The van der Waals surface area contributed by atoms with Crippen LogP contribution in [0.5, 0.6) is 5.75 Å². The van der Waals surface area contributed by atoms with Crippen LogP contribution in [0.25, 0.3) is 0 Å². The van der Waals surface area contributed by atoms with E-state index in [2.05, 4.69) is 0 Å². The van der Waals surface area contributed by atoms with Crippen molar-refractivity contribution in [2.75, 3.05) is 32.8 Å². The maximum absolute atomic E-state index is 12.9. The number of carbonyl (C=O) groups is 1. The minimum Gasteiger partial charge on any atom is -0.494 e. The third kappa shape index (κ3) is 4.76. The highest BCUT2D eigenvalue weighted by molar-refractivity contribution is 7.89. The lowest BCUT2D eigenvalue weighted by atomic mass is 10.1. The number of benzene rings is 2. The molecule has 6 nitrogen and oxygen atoms in total. The molecule has 162 valence electrons. The Labute approximate surface area is 172 Å². The van der Waals surface area contributed by atoms with E-state index in [1.807, 2.05) is 6.92 Å². The molecule has 10 heteroatoms. The maximum Gasteiger partial charge on any atom is 0.416 e. The van der Waals surface area contributed by atoms with Crippen molar-refractivity contribution in [2.24, 2.45) is 0 Å². The zero-order chi connectivity index (χ0) is 21.9. The van der Waals surface area contributed by atoms with Gasteiger partial charge in [0.25, 0.3) is 5.91 Å². The topological polar surface area (TPSA) is 66.9 Å². The van der Waals surface area contributed by atoms with Gasteiger partial charge in [0.15, 0.2) is 0 Å². The monoisotopic (exact) mass is 442 g/mol. The molecule has 2 aromatic carbocycles. The third-order valence-corrected chi connectivity index (χ3v) is 6.65. The Morgan fingerprint density at radius 3 is 2.23 bits per heavy atom. The molecule has 0 saturated carbocycles. The number of ether oxygens (including phenoxy) is 1. The molecule has 1 heterocycles. The van der Waals surface area contributed by atoms with Gasteiger partial charge in [-0.1, -0.05) is 6.07 Å². The number of carbonyl (C=O) groups excluding carboxylic acids is 1. The van der Waals surface area contributed by atoms with Crippen LogP contribution >= 0.6 is 0 Å². The average molecular weight is 442 g/mol. The highest BCUT2D eigenvalue weighted by Crippen LogP contribution is 2.30. The number of hydrogen-bond donors (Lipinski definition) is 0. The second kappa shape index (κ2) is 8.65. The predicted octanol–water partition coefficient (Wildman–Crippen LogP) is 3.25. The normalized spacial score (nSPS) is 15.8. The predicted molar refractivity (Wildman–Crippen MR) is 104 cm³/mol. The number of amides is 1. The first-order valence-electron chi connectivity index (χ1n) is 9.32. The van der Waals surface area contributed by atoms with Crippen molar-refractivity contribution in [1.29, 1.82) is 0 Å². The van der Waals surface area contributed by atoms with Gasteiger partial charge in [-0.2, -0.15) is 17.5 Å². The second-order valence-electron chi connectivity index (χ2n) is 6.68. The number of halogens is 3. The summed E-state index contributed by atoms with van der Waals surface area (Å²) in [7, 11) is -3.74. The lowest BCUT2D eigenvalue weighted by Gasteiger charge is -2.34. The van der Waals surface area contributed by atoms with Crippen molar-refractivity contribution in [2.45, 2.75) is 18.0 Å². The summed E-state index contributed by atoms with van der Waals surface area (Å²) >= 11 is 0. The number of hydrogen-bond acceptors (Lipinski definition) is 4. The van der Waals surface area contributed by atoms with Crippen LogP contribution in [-0.2, 0) is 16.2 Å². The Bertz CT molecular complexity index is 999. The van der Waals surface area contributed by atoms with E-state index in [1.165, 1.54) is 33.5 Å². The van der Waals surface area contributed by atoms with Gasteiger partial charge in [-0.25, -0.2) is 8.42 Å². The van der Waals surface area contributed by atoms with Gasteiger partial charge in [0.05, 0.1) is 17.1 Å². The van der Waals surface area contributed by atoms with Gasteiger partial charge in [-0.3, -0.25) is 4.79 Å². The second-order valence-corrected chi connectivity index (χ2v) is 8.62. The van der Waals surface area contributed by atoms with Crippen LogP contribution in [0.15, 0.2) is 53.4 Å². The zero-order valence-electron chi connectivity index (χ0n) is 16.2. The number of rotatable bonds is 5. The van der Waals surface area contributed by atoms with Crippen LogP contribution in [0.4, 0.5) is 13.2 Å². The fourth-order valence-electron chi connectivity index (χ4n) is 3.17. The van der Waals surface area contributed by atoms with Gasteiger partial charge in [-0.15, -0.1) is 0 Å². The molecule has 0 radical (unpaired) electrons. The van der Waals surface area contributed by atoms with Crippen LogP contribution in [0, 0.1) is 0 Å². The van der Waals surface area contributed by atoms with Crippen LogP contribution in [-0.4, -0.2) is 56.3 Å². The van der Waals surface area contributed by atoms with Crippen molar-refractivity contribution in [3.8, 4) is 5.75 Å². The molecule has 3 rings (SSSR count). The molecule has 0 N–H and O–H groups in total. The highest BCUT2D eigenvalue weighted by Gasteiger charge is 2.33. The Morgan fingerprint density at radius 2 is 1.67 bits per heavy atom. The maximum atomic E-state index is 12.9. The van der Waals surface area contributed by atoms with E-state index < -0.39 is 27.7 Å². The molecular weight excluding hydrogens is 421 g/mol. The summed E-state index contributed by atoms with van der Waals surface area (Å²) in [4.78, 5) is 14.1. The van der Waals surface area contributed by atoms with Crippen LogP contribution in [0.2, 0.25) is 0 Å². The van der Waals surface area contributed by atoms with E-state index in [-0.39, 0.29) is 36.6 Å². The van der Waals surface area contributed by atoms with E-state index in [0.717, 1.165) is 12.1 Å². The molecule has 1 amide bonds. The lowest BCUT2D eigenvalue weighted by molar-refractivity contribution is -0.137. The largest absolute Gasteiger partial charge is 0.494 e. The number of sulfonamides is 1. The Kier molecular flexibility index (Phi) is 6.37. The van der Waals surface area contributed by atoms with E-state index in [0.29, 0.717) is 12.4 Å². The molecule has 1 aliphatic rings. The first-order valence-corrected chi connectivity index (χ1v) is 10.8. The fraction of sp³-hybridized carbons (Fsp3) is 0.350. The first-order chi connectivity index (χ1) is 14.1. The van der Waals surface area contributed by atoms with Gasteiger partial charge in [0, 0.05) is 31.7 Å². The van der Waals surface area contributed by atoms with Crippen LogP contribution < -0.4 is 4.74 Å². The van der Waals surface area contributed by atoms with Crippen molar-refractivity contribution in [3.63, 3.8) is 0 Å².